The zero-order valence-electron chi connectivity index (χ0n) is 24.4. The maximum absolute atomic E-state index is 13.1. The number of aliphatic hydroxyl groups is 1. The number of phenolic OH excluding ortho intramolecular Hbond substituents is 1. The van der Waals surface area contributed by atoms with Crippen molar-refractivity contribution in [3.05, 3.63) is 106 Å². The van der Waals surface area contributed by atoms with Crippen molar-refractivity contribution in [1.29, 1.82) is 0 Å². The molecule has 10 nitrogen and oxygen atoms in total. The first-order chi connectivity index (χ1) is 21.4. The summed E-state index contributed by atoms with van der Waals surface area (Å²) in [6.45, 7) is 4.05. The zero-order valence-corrected chi connectivity index (χ0v) is 24.4. The third-order valence-corrected chi connectivity index (χ3v) is 8.59. The SMILES string of the molecule is O=C(NC(c1ccccc1)c1cccc(OCCNC[C@H](O)c2ccc(O)c3[nH]c(=O)ccc23)c1)O[C@H]1CN2CCC1CC2. The summed E-state index contributed by atoms with van der Waals surface area (Å²) in [5.41, 5.74) is 2.39. The van der Waals surface area contributed by atoms with Gasteiger partial charge in [-0.05, 0) is 72.8 Å². The number of piperidine rings is 3. The van der Waals surface area contributed by atoms with Crippen molar-refractivity contribution in [3.63, 3.8) is 0 Å². The van der Waals surface area contributed by atoms with E-state index in [0.29, 0.717) is 41.3 Å². The summed E-state index contributed by atoms with van der Waals surface area (Å²) in [5.74, 6) is 1.04. The van der Waals surface area contributed by atoms with Gasteiger partial charge in [-0.1, -0.05) is 48.5 Å². The lowest BCUT2D eigenvalue weighted by Crippen LogP contribution is -2.52. The number of alkyl carbamates (subject to hydrolysis) is 1. The predicted molar refractivity (Wildman–Crippen MR) is 167 cm³/mol. The van der Waals surface area contributed by atoms with Crippen LogP contribution in [0.15, 0.2) is 83.7 Å². The van der Waals surface area contributed by atoms with E-state index < -0.39 is 18.2 Å². The Labute approximate surface area is 255 Å². The average molecular weight is 599 g/mol. The highest BCUT2D eigenvalue weighted by Gasteiger charge is 2.36. The Morgan fingerprint density at radius 3 is 2.57 bits per heavy atom. The molecule has 1 aromatic heterocycles. The molecule has 0 radical (unpaired) electrons. The van der Waals surface area contributed by atoms with Crippen LogP contribution in [0.5, 0.6) is 11.5 Å². The number of aliphatic hydroxyl groups excluding tert-OH is 1. The van der Waals surface area contributed by atoms with Gasteiger partial charge in [0.05, 0.1) is 17.7 Å². The maximum atomic E-state index is 13.1. The van der Waals surface area contributed by atoms with E-state index >= 15 is 0 Å². The van der Waals surface area contributed by atoms with Crippen LogP contribution in [-0.4, -0.2) is 71.6 Å². The Balaban J connectivity index is 1.05. The minimum atomic E-state index is -0.856. The first kappa shape index (κ1) is 29.7. The Kier molecular flexibility index (Phi) is 9.11. The van der Waals surface area contributed by atoms with Gasteiger partial charge in [-0.2, -0.15) is 0 Å². The first-order valence-corrected chi connectivity index (χ1v) is 15.2. The van der Waals surface area contributed by atoms with Crippen LogP contribution < -0.4 is 20.9 Å². The number of nitrogens with one attached hydrogen (secondary N) is 3. The summed E-state index contributed by atoms with van der Waals surface area (Å²) >= 11 is 0. The lowest BCUT2D eigenvalue weighted by molar-refractivity contribution is -0.0336. The van der Waals surface area contributed by atoms with Gasteiger partial charge in [0, 0.05) is 31.1 Å². The van der Waals surface area contributed by atoms with Crippen molar-refractivity contribution in [3.8, 4) is 11.5 Å². The largest absolute Gasteiger partial charge is 0.506 e. The van der Waals surface area contributed by atoms with Crippen molar-refractivity contribution in [2.24, 2.45) is 5.92 Å². The number of aromatic amines is 1. The fraction of sp³-hybridized carbons (Fsp3) is 0.353. The molecule has 2 bridgehead atoms. The van der Waals surface area contributed by atoms with Gasteiger partial charge in [-0.3, -0.25) is 9.69 Å². The van der Waals surface area contributed by atoms with Crippen molar-refractivity contribution in [1.82, 2.24) is 20.5 Å². The van der Waals surface area contributed by atoms with Crippen LogP contribution in [0.1, 0.15) is 41.7 Å². The average Bonchev–Trinajstić information content (AvgIpc) is 3.05. The van der Waals surface area contributed by atoms with Crippen LogP contribution in [0.25, 0.3) is 10.9 Å². The molecule has 230 valence electrons. The number of carbonyl (C=O) groups is 1. The van der Waals surface area contributed by atoms with Gasteiger partial charge in [0.25, 0.3) is 0 Å². The Morgan fingerprint density at radius 1 is 1.00 bits per heavy atom. The quantitative estimate of drug-likeness (QED) is 0.164. The Hall–Kier alpha value is -4.38. The molecule has 3 aliphatic rings. The number of phenols is 1. The number of fused-ring (bicyclic) bond motifs is 4. The van der Waals surface area contributed by atoms with E-state index in [-0.39, 0.29) is 24.0 Å². The number of hydrogen-bond acceptors (Lipinski definition) is 8. The molecule has 3 atom stereocenters. The topological polar surface area (TPSA) is 136 Å². The van der Waals surface area contributed by atoms with E-state index in [0.717, 1.165) is 43.6 Å². The lowest BCUT2D eigenvalue weighted by Gasteiger charge is -2.43. The van der Waals surface area contributed by atoms with Gasteiger partial charge in [0.2, 0.25) is 5.56 Å². The van der Waals surface area contributed by atoms with Crippen LogP contribution in [0.3, 0.4) is 0 Å². The smallest absolute Gasteiger partial charge is 0.408 e. The molecule has 1 unspecified atom stereocenters. The molecule has 10 heteroatoms. The monoisotopic (exact) mass is 598 g/mol. The van der Waals surface area contributed by atoms with Gasteiger partial charge >= 0.3 is 6.09 Å². The minimum Gasteiger partial charge on any atom is -0.506 e. The number of pyridine rings is 1. The second kappa shape index (κ2) is 13.5. The number of aromatic hydroxyl groups is 1. The number of carbonyl (C=O) groups excluding carboxylic acids is 1. The number of benzene rings is 3. The van der Waals surface area contributed by atoms with E-state index in [9.17, 15) is 19.8 Å². The molecule has 0 aliphatic carbocycles. The number of nitrogens with zero attached hydrogens (tertiary/aromatic N) is 1. The Morgan fingerprint density at radius 2 is 1.80 bits per heavy atom. The fourth-order valence-electron chi connectivity index (χ4n) is 6.26. The van der Waals surface area contributed by atoms with Crippen molar-refractivity contribution in [2.75, 3.05) is 39.3 Å². The second-order valence-electron chi connectivity index (χ2n) is 11.5. The molecule has 3 aliphatic heterocycles. The summed E-state index contributed by atoms with van der Waals surface area (Å²) in [4.78, 5) is 29.7. The van der Waals surface area contributed by atoms with Crippen LogP contribution in [0.2, 0.25) is 0 Å². The number of hydrogen-bond donors (Lipinski definition) is 5. The number of H-pyrrole nitrogens is 1. The van der Waals surface area contributed by atoms with Crippen LogP contribution in [-0.2, 0) is 4.74 Å². The van der Waals surface area contributed by atoms with Gasteiger partial charge in [0.15, 0.2) is 0 Å². The van der Waals surface area contributed by atoms with E-state index in [1.54, 1.807) is 12.1 Å². The molecule has 4 heterocycles. The van der Waals surface area contributed by atoms with E-state index in [4.69, 9.17) is 9.47 Å². The third-order valence-electron chi connectivity index (χ3n) is 8.59. The van der Waals surface area contributed by atoms with Gasteiger partial charge < -0.3 is 35.3 Å². The van der Waals surface area contributed by atoms with Crippen molar-refractivity contribution < 1.29 is 24.5 Å². The van der Waals surface area contributed by atoms with Crippen molar-refractivity contribution >= 4 is 17.0 Å². The number of ether oxygens (including phenoxy) is 2. The predicted octanol–water partition coefficient (Wildman–Crippen LogP) is 3.85. The number of aromatic nitrogens is 1. The molecular formula is C34H38N4O6. The molecular weight excluding hydrogens is 560 g/mol. The molecule has 0 spiro atoms. The second-order valence-corrected chi connectivity index (χ2v) is 11.5. The minimum absolute atomic E-state index is 0.0481. The summed E-state index contributed by atoms with van der Waals surface area (Å²) in [7, 11) is 0. The fourth-order valence-corrected chi connectivity index (χ4v) is 6.26. The first-order valence-electron chi connectivity index (χ1n) is 15.2. The maximum Gasteiger partial charge on any atom is 0.408 e. The molecule has 1 amide bonds. The summed E-state index contributed by atoms with van der Waals surface area (Å²) in [5, 5.41) is 27.8. The van der Waals surface area contributed by atoms with E-state index in [1.165, 1.54) is 12.1 Å². The Bertz CT molecular complexity index is 1640. The highest BCUT2D eigenvalue weighted by molar-refractivity contribution is 5.87. The van der Waals surface area contributed by atoms with Gasteiger partial charge in [-0.15, -0.1) is 0 Å². The van der Waals surface area contributed by atoms with Gasteiger partial charge in [-0.25, -0.2) is 4.79 Å². The van der Waals surface area contributed by atoms with Crippen LogP contribution >= 0.6 is 0 Å². The zero-order chi connectivity index (χ0) is 30.5. The van der Waals surface area contributed by atoms with Crippen LogP contribution in [0.4, 0.5) is 4.79 Å². The van der Waals surface area contributed by atoms with Crippen molar-refractivity contribution in [2.45, 2.75) is 31.1 Å². The molecule has 5 N–H and O–H groups in total. The number of rotatable bonds is 11. The molecule has 3 aromatic carbocycles. The van der Waals surface area contributed by atoms with Gasteiger partial charge in [0.1, 0.15) is 24.2 Å². The number of amides is 1. The van der Waals surface area contributed by atoms with E-state index in [2.05, 4.69) is 20.5 Å². The molecule has 4 aromatic rings. The highest BCUT2D eigenvalue weighted by Crippen LogP contribution is 2.31. The van der Waals surface area contributed by atoms with E-state index in [1.807, 2.05) is 54.6 Å². The molecule has 44 heavy (non-hydrogen) atoms. The normalized spacial score (nSPS) is 20.6. The molecule has 0 saturated carbocycles. The molecule has 3 saturated heterocycles. The molecule has 3 fully saturated rings. The highest BCUT2D eigenvalue weighted by atomic mass is 16.6. The summed E-state index contributed by atoms with van der Waals surface area (Å²) in [6, 6.07) is 23.1. The third kappa shape index (κ3) is 6.88. The standard InChI is InChI=1S/C34H38N4O6/c39-28-11-9-26(27-10-12-31(41)36-33(27)28)29(40)20-35-15-18-43-25-8-4-7-24(19-25)32(23-5-2-1-3-6-23)37-34(42)44-30-21-38-16-13-22(30)14-17-38/h1-12,19,22,29-30,32,35,39-40H,13-18,20-21H2,(H,36,41)(H,37,42)/t29-,30-,32?/m0/s1. The summed E-state index contributed by atoms with van der Waals surface area (Å²) in [6.07, 6.45) is 0.795. The van der Waals surface area contributed by atoms with Crippen LogP contribution in [0, 0.1) is 5.92 Å². The summed E-state index contributed by atoms with van der Waals surface area (Å²) < 4.78 is 11.9. The lowest BCUT2D eigenvalue weighted by atomic mass is 9.86. The molecule has 7 rings (SSSR count).